The summed E-state index contributed by atoms with van der Waals surface area (Å²) in [6, 6.07) is 17.7. The Morgan fingerprint density at radius 3 is 2.33 bits per heavy atom. The fourth-order valence-corrected chi connectivity index (χ4v) is 3.21. The number of para-hydroxylation sites is 1. The molecule has 0 radical (unpaired) electrons. The maximum atomic E-state index is 13.9. The van der Waals surface area contributed by atoms with Crippen LogP contribution in [-0.2, 0) is 11.4 Å². The number of benzene rings is 3. The lowest BCUT2D eigenvalue weighted by molar-refractivity contribution is -0.116. The predicted molar refractivity (Wildman–Crippen MR) is 118 cm³/mol. The molecule has 0 unspecified atom stereocenters. The summed E-state index contributed by atoms with van der Waals surface area (Å²) in [5.41, 5.74) is 0.507. The van der Waals surface area contributed by atoms with Crippen LogP contribution in [0.4, 0.5) is 18.9 Å². The predicted octanol–water partition coefficient (Wildman–Crippen LogP) is 5.17. The third kappa shape index (κ3) is 6.12. The summed E-state index contributed by atoms with van der Waals surface area (Å²) in [7, 11) is 0. The molecule has 0 aromatic heterocycles. The van der Waals surface area contributed by atoms with Crippen molar-refractivity contribution in [2.75, 3.05) is 18.4 Å². The molecule has 2 amide bonds. The van der Waals surface area contributed by atoms with Crippen LogP contribution in [-0.4, -0.2) is 29.8 Å². The maximum absolute atomic E-state index is 13.9. The van der Waals surface area contributed by atoms with E-state index in [1.54, 1.807) is 36.4 Å². The summed E-state index contributed by atoms with van der Waals surface area (Å²) in [6.45, 7) is 1.87. The third-order valence-corrected chi connectivity index (χ3v) is 4.81. The molecule has 3 aromatic rings. The van der Waals surface area contributed by atoms with Crippen molar-refractivity contribution >= 4 is 17.5 Å². The second-order valence-electron chi connectivity index (χ2n) is 7.26. The largest absolute Gasteiger partial charge is 0.489 e. The molecule has 3 rings (SSSR count). The number of hydrogen-bond acceptors (Lipinski definition) is 3. The number of amides is 2. The van der Waals surface area contributed by atoms with Crippen LogP contribution in [0.15, 0.2) is 66.7 Å². The molecular weight excluding hydrogens is 433 g/mol. The van der Waals surface area contributed by atoms with Gasteiger partial charge in [0.15, 0.2) is 17.5 Å². The van der Waals surface area contributed by atoms with Gasteiger partial charge in [-0.25, -0.2) is 13.2 Å². The van der Waals surface area contributed by atoms with E-state index in [-0.39, 0.29) is 19.7 Å². The van der Waals surface area contributed by atoms with Crippen LogP contribution in [0.2, 0.25) is 0 Å². The van der Waals surface area contributed by atoms with Gasteiger partial charge in [0, 0.05) is 17.7 Å². The van der Waals surface area contributed by atoms with Crippen molar-refractivity contribution in [3.63, 3.8) is 0 Å². The van der Waals surface area contributed by atoms with Gasteiger partial charge >= 0.3 is 0 Å². The number of rotatable bonds is 9. The minimum atomic E-state index is -1.68. The van der Waals surface area contributed by atoms with Gasteiger partial charge in [0.1, 0.15) is 18.9 Å². The number of nitrogens with one attached hydrogen (secondary N) is 1. The zero-order chi connectivity index (χ0) is 23.8. The van der Waals surface area contributed by atoms with Crippen molar-refractivity contribution in [2.45, 2.75) is 20.0 Å². The minimum Gasteiger partial charge on any atom is -0.489 e. The van der Waals surface area contributed by atoms with Gasteiger partial charge in [-0.2, -0.15) is 0 Å². The molecule has 0 fully saturated rings. The van der Waals surface area contributed by atoms with Gasteiger partial charge in [0.25, 0.3) is 5.91 Å². The quantitative estimate of drug-likeness (QED) is 0.452. The summed E-state index contributed by atoms with van der Waals surface area (Å²) >= 11 is 0. The van der Waals surface area contributed by atoms with Gasteiger partial charge in [-0.3, -0.25) is 9.59 Å². The summed E-state index contributed by atoms with van der Waals surface area (Å²) in [4.78, 5) is 27.0. The van der Waals surface area contributed by atoms with Crippen LogP contribution in [0.3, 0.4) is 0 Å². The highest BCUT2D eigenvalue weighted by atomic mass is 19.2. The van der Waals surface area contributed by atoms with Gasteiger partial charge in [0.05, 0.1) is 5.69 Å². The molecule has 0 saturated carbocycles. The number of hydrogen-bond donors (Lipinski definition) is 1. The molecule has 0 bridgehead atoms. The average molecular weight is 456 g/mol. The van der Waals surface area contributed by atoms with Crippen LogP contribution < -0.4 is 10.1 Å². The highest BCUT2D eigenvalue weighted by Crippen LogP contribution is 2.20. The van der Waals surface area contributed by atoms with E-state index in [9.17, 15) is 22.8 Å². The monoisotopic (exact) mass is 456 g/mol. The van der Waals surface area contributed by atoms with E-state index < -0.39 is 35.0 Å². The first-order valence-electron chi connectivity index (χ1n) is 10.4. The molecule has 1 N–H and O–H groups in total. The molecule has 0 atom stereocenters. The van der Waals surface area contributed by atoms with Crippen molar-refractivity contribution in [3.8, 4) is 5.75 Å². The minimum absolute atomic E-state index is 0.151. The van der Waals surface area contributed by atoms with Crippen molar-refractivity contribution < 1.29 is 27.5 Å². The number of ether oxygens (including phenoxy) is 1. The molecule has 5 nitrogen and oxygen atoms in total. The zero-order valence-electron chi connectivity index (χ0n) is 18.0. The van der Waals surface area contributed by atoms with Crippen molar-refractivity contribution in [1.29, 1.82) is 0 Å². The van der Waals surface area contributed by atoms with Crippen molar-refractivity contribution in [2.24, 2.45) is 0 Å². The van der Waals surface area contributed by atoms with Crippen LogP contribution in [0.25, 0.3) is 0 Å². The van der Waals surface area contributed by atoms with Gasteiger partial charge < -0.3 is 15.0 Å². The number of carbonyl (C=O) groups excluding carboxylic acids is 2. The number of carbonyl (C=O) groups is 2. The second kappa shape index (κ2) is 11.2. The Labute approximate surface area is 189 Å². The Kier molecular flexibility index (Phi) is 8.07. The lowest BCUT2D eigenvalue weighted by Gasteiger charge is -2.23. The van der Waals surface area contributed by atoms with Crippen LogP contribution >= 0.6 is 0 Å². The highest BCUT2D eigenvalue weighted by molar-refractivity contribution is 6.00. The molecule has 8 heteroatoms. The van der Waals surface area contributed by atoms with Gasteiger partial charge in [0.2, 0.25) is 5.91 Å². The van der Waals surface area contributed by atoms with Crippen LogP contribution in [0.1, 0.15) is 29.3 Å². The number of nitrogens with zero attached hydrogens (tertiary/aromatic N) is 1. The smallest absolute Gasteiger partial charge is 0.254 e. The molecule has 0 heterocycles. The van der Waals surface area contributed by atoms with Crippen molar-refractivity contribution in [3.05, 3.63) is 95.3 Å². The molecular formula is C25H23F3N2O3. The molecule has 0 saturated heterocycles. The Morgan fingerprint density at radius 1 is 0.909 bits per heavy atom. The number of halogens is 3. The molecule has 0 aliphatic carbocycles. The lowest BCUT2D eigenvalue weighted by Crippen LogP contribution is -2.39. The summed E-state index contributed by atoms with van der Waals surface area (Å²) in [5.74, 6) is -5.02. The van der Waals surface area contributed by atoms with Crippen LogP contribution in [0, 0.1) is 17.5 Å². The van der Waals surface area contributed by atoms with E-state index in [1.807, 2.05) is 25.1 Å². The van der Waals surface area contributed by atoms with E-state index >= 15 is 0 Å². The first-order valence-corrected chi connectivity index (χ1v) is 10.4. The Bertz CT molecular complexity index is 1120. The topological polar surface area (TPSA) is 58.6 Å². The summed E-state index contributed by atoms with van der Waals surface area (Å²) in [6.07, 6.45) is 0.571. The van der Waals surface area contributed by atoms with Gasteiger partial charge in [-0.15, -0.1) is 0 Å². The maximum Gasteiger partial charge on any atom is 0.254 e. The van der Waals surface area contributed by atoms with E-state index in [0.29, 0.717) is 29.4 Å². The standard InChI is InChI=1S/C25H23F3N2O3/c1-2-14-30(15-22(31)29-21-13-12-20(26)23(27)24(21)28)25(32)19-11-7-6-8-17(19)16-33-18-9-4-3-5-10-18/h3-13H,2,14-16H2,1H3,(H,29,31). The fourth-order valence-electron chi connectivity index (χ4n) is 3.21. The Hall–Kier alpha value is -3.81. The van der Waals surface area contributed by atoms with Gasteiger partial charge in [-0.05, 0) is 36.8 Å². The molecule has 33 heavy (non-hydrogen) atoms. The molecule has 3 aromatic carbocycles. The Morgan fingerprint density at radius 2 is 1.61 bits per heavy atom. The van der Waals surface area contributed by atoms with E-state index in [4.69, 9.17) is 4.74 Å². The molecule has 0 spiro atoms. The van der Waals surface area contributed by atoms with Crippen LogP contribution in [0.5, 0.6) is 5.75 Å². The second-order valence-corrected chi connectivity index (χ2v) is 7.26. The third-order valence-electron chi connectivity index (χ3n) is 4.81. The highest BCUT2D eigenvalue weighted by Gasteiger charge is 2.22. The fraction of sp³-hybridized carbons (Fsp3) is 0.200. The van der Waals surface area contributed by atoms with E-state index in [2.05, 4.69) is 5.32 Å². The lowest BCUT2D eigenvalue weighted by atomic mass is 10.1. The van der Waals surface area contributed by atoms with E-state index in [1.165, 1.54) is 4.90 Å². The zero-order valence-corrected chi connectivity index (χ0v) is 18.0. The summed E-state index contributed by atoms with van der Waals surface area (Å²) < 4.78 is 46.2. The first kappa shape index (κ1) is 23.8. The first-order chi connectivity index (χ1) is 15.9. The Balaban J connectivity index is 1.73. The SMILES string of the molecule is CCCN(CC(=O)Nc1ccc(F)c(F)c1F)C(=O)c1ccccc1COc1ccccc1. The average Bonchev–Trinajstić information content (AvgIpc) is 2.83. The normalized spacial score (nSPS) is 10.5. The number of anilines is 1. The molecule has 0 aliphatic heterocycles. The van der Waals surface area contributed by atoms with Crippen molar-refractivity contribution in [1.82, 2.24) is 4.90 Å². The van der Waals surface area contributed by atoms with Gasteiger partial charge in [-0.1, -0.05) is 43.3 Å². The summed E-state index contributed by atoms with van der Waals surface area (Å²) in [5, 5.41) is 2.20. The molecule has 0 aliphatic rings. The molecule has 172 valence electrons. The van der Waals surface area contributed by atoms with E-state index in [0.717, 1.165) is 6.07 Å².